The van der Waals surface area contributed by atoms with Crippen LogP contribution >= 0.6 is 0 Å². The maximum Gasteiger partial charge on any atom is 0.270 e. The van der Waals surface area contributed by atoms with Crippen molar-refractivity contribution in [3.05, 3.63) is 66.4 Å². The highest BCUT2D eigenvalue weighted by Gasteiger charge is 2.27. The number of rotatable bonds is 6. The number of nitrogens with two attached hydrogens (primary N) is 1. The van der Waals surface area contributed by atoms with E-state index in [-0.39, 0.29) is 17.6 Å². The van der Waals surface area contributed by atoms with Gasteiger partial charge in [0.15, 0.2) is 11.5 Å². The Bertz CT molecular complexity index is 1320. The van der Waals surface area contributed by atoms with Crippen molar-refractivity contribution in [3.63, 3.8) is 0 Å². The minimum atomic E-state index is 0.0567. The molecule has 2 aromatic heterocycles. The number of likely N-dealkylation sites (tertiary alicyclic amines) is 1. The van der Waals surface area contributed by atoms with Gasteiger partial charge in [-0.15, -0.1) is 10.2 Å². The van der Waals surface area contributed by atoms with Gasteiger partial charge in [0.25, 0.3) is 11.8 Å². The molecule has 0 bridgehead atoms. The minimum absolute atomic E-state index is 0.0567. The predicted octanol–water partition coefficient (Wildman–Crippen LogP) is 3.47. The van der Waals surface area contributed by atoms with Crippen molar-refractivity contribution in [2.24, 2.45) is 5.92 Å². The summed E-state index contributed by atoms with van der Waals surface area (Å²) in [5, 5.41) is 8.22. The SMILES string of the molecule is CN(C)C[C@@H]1CCN(C(=O)c2ccc(-c3cnc(N)c(-c4nnc(-c5ccccc5)o4)n3)cc2)C1. The van der Waals surface area contributed by atoms with Crippen molar-refractivity contribution < 1.29 is 9.21 Å². The van der Waals surface area contributed by atoms with E-state index in [2.05, 4.69) is 39.2 Å². The number of amides is 1. The van der Waals surface area contributed by atoms with Crippen LogP contribution in [0.4, 0.5) is 5.82 Å². The molecule has 0 spiro atoms. The molecule has 3 heterocycles. The lowest BCUT2D eigenvalue weighted by molar-refractivity contribution is 0.0785. The third kappa shape index (κ3) is 4.90. The van der Waals surface area contributed by atoms with Gasteiger partial charge in [-0.05, 0) is 50.7 Å². The first-order valence-corrected chi connectivity index (χ1v) is 11.5. The van der Waals surface area contributed by atoms with E-state index >= 15 is 0 Å². The molecule has 1 saturated heterocycles. The molecule has 0 aliphatic carbocycles. The van der Waals surface area contributed by atoms with E-state index in [0.29, 0.717) is 28.8 Å². The molecule has 0 radical (unpaired) electrons. The van der Waals surface area contributed by atoms with Crippen LogP contribution in [0.1, 0.15) is 16.8 Å². The van der Waals surface area contributed by atoms with Crippen LogP contribution in [0.25, 0.3) is 34.3 Å². The van der Waals surface area contributed by atoms with Crippen LogP contribution in [0.3, 0.4) is 0 Å². The van der Waals surface area contributed by atoms with E-state index in [4.69, 9.17) is 10.2 Å². The van der Waals surface area contributed by atoms with E-state index in [9.17, 15) is 4.79 Å². The maximum atomic E-state index is 13.0. The summed E-state index contributed by atoms with van der Waals surface area (Å²) in [7, 11) is 4.13. The number of hydrogen-bond donors (Lipinski definition) is 1. The first kappa shape index (κ1) is 22.7. The van der Waals surface area contributed by atoms with Gasteiger partial charge in [0.2, 0.25) is 5.89 Å². The van der Waals surface area contributed by atoms with Crippen molar-refractivity contribution >= 4 is 11.7 Å². The van der Waals surface area contributed by atoms with Gasteiger partial charge in [-0.3, -0.25) is 4.79 Å². The zero-order valence-electron chi connectivity index (χ0n) is 19.8. The van der Waals surface area contributed by atoms with E-state index in [0.717, 1.165) is 37.2 Å². The lowest BCUT2D eigenvalue weighted by atomic mass is 10.1. The monoisotopic (exact) mass is 469 g/mol. The Morgan fingerprint density at radius 1 is 1.06 bits per heavy atom. The molecule has 1 aliphatic rings. The van der Waals surface area contributed by atoms with Crippen molar-refractivity contribution in [2.75, 3.05) is 39.5 Å². The summed E-state index contributed by atoms with van der Waals surface area (Å²) in [4.78, 5) is 26.0. The molecule has 0 saturated carbocycles. The van der Waals surface area contributed by atoms with Crippen molar-refractivity contribution in [2.45, 2.75) is 6.42 Å². The smallest absolute Gasteiger partial charge is 0.270 e. The van der Waals surface area contributed by atoms with Gasteiger partial charge >= 0.3 is 0 Å². The Morgan fingerprint density at radius 3 is 2.54 bits per heavy atom. The van der Waals surface area contributed by atoms with E-state index < -0.39 is 0 Å². The Kier molecular flexibility index (Phi) is 6.24. The van der Waals surface area contributed by atoms with Crippen molar-refractivity contribution in [1.29, 1.82) is 0 Å². The van der Waals surface area contributed by atoms with E-state index in [1.165, 1.54) is 0 Å². The van der Waals surface area contributed by atoms with Gasteiger partial charge in [0.1, 0.15) is 0 Å². The molecule has 9 nitrogen and oxygen atoms in total. The predicted molar refractivity (Wildman–Crippen MR) is 133 cm³/mol. The van der Waals surface area contributed by atoms with Crippen molar-refractivity contribution in [3.8, 4) is 34.3 Å². The minimum Gasteiger partial charge on any atom is -0.414 e. The molecule has 1 fully saturated rings. The number of aromatic nitrogens is 4. The van der Waals surface area contributed by atoms with Crippen LogP contribution in [0, 0.1) is 5.92 Å². The van der Waals surface area contributed by atoms with Crippen molar-refractivity contribution in [1.82, 2.24) is 30.0 Å². The number of anilines is 1. The molecular weight excluding hydrogens is 442 g/mol. The summed E-state index contributed by atoms with van der Waals surface area (Å²) in [6.07, 6.45) is 2.63. The molecule has 1 aliphatic heterocycles. The zero-order chi connectivity index (χ0) is 24.4. The third-order valence-corrected chi connectivity index (χ3v) is 6.07. The average molecular weight is 470 g/mol. The Labute approximate surface area is 203 Å². The molecule has 35 heavy (non-hydrogen) atoms. The molecule has 4 aromatic rings. The average Bonchev–Trinajstić information content (AvgIpc) is 3.54. The lowest BCUT2D eigenvalue weighted by Crippen LogP contribution is -2.30. The Balaban J connectivity index is 1.34. The van der Waals surface area contributed by atoms with Crippen LogP contribution in [0.2, 0.25) is 0 Å². The highest BCUT2D eigenvalue weighted by atomic mass is 16.4. The van der Waals surface area contributed by atoms with Crippen LogP contribution in [0.15, 0.2) is 65.2 Å². The number of carbonyl (C=O) groups is 1. The molecule has 9 heteroatoms. The molecular formula is C26H27N7O2. The Morgan fingerprint density at radius 2 is 1.80 bits per heavy atom. The summed E-state index contributed by atoms with van der Waals surface area (Å²) < 4.78 is 5.81. The molecule has 5 rings (SSSR count). The largest absolute Gasteiger partial charge is 0.414 e. The van der Waals surface area contributed by atoms with Gasteiger partial charge in [0, 0.05) is 36.3 Å². The van der Waals surface area contributed by atoms with Crippen LogP contribution < -0.4 is 5.73 Å². The van der Waals surface area contributed by atoms with Gasteiger partial charge in [0.05, 0.1) is 11.9 Å². The zero-order valence-corrected chi connectivity index (χ0v) is 19.8. The summed E-state index contributed by atoms with van der Waals surface area (Å²) in [5.41, 5.74) is 9.26. The first-order chi connectivity index (χ1) is 17.0. The van der Waals surface area contributed by atoms with Crippen LogP contribution in [0.5, 0.6) is 0 Å². The maximum absolute atomic E-state index is 13.0. The van der Waals surface area contributed by atoms with E-state index in [1.54, 1.807) is 6.20 Å². The molecule has 0 unspecified atom stereocenters. The quantitative estimate of drug-likeness (QED) is 0.457. The van der Waals surface area contributed by atoms with Gasteiger partial charge in [-0.2, -0.15) is 0 Å². The van der Waals surface area contributed by atoms with E-state index in [1.807, 2.05) is 59.5 Å². The summed E-state index contributed by atoms with van der Waals surface area (Å²) in [6, 6.07) is 16.9. The number of benzene rings is 2. The number of nitrogen functional groups attached to an aromatic ring is 1. The first-order valence-electron chi connectivity index (χ1n) is 11.5. The van der Waals surface area contributed by atoms with Gasteiger partial charge in [-0.25, -0.2) is 9.97 Å². The number of hydrogen-bond acceptors (Lipinski definition) is 8. The third-order valence-electron chi connectivity index (χ3n) is 6.07. The van der Waals surface area contributed by atoms with Gasteiger partial charge < -0.3 is 20.0 Å². The standard InChI is InChI=1S/C26H27N7O2/c1-32(2)15-17-12-13-33(16-17)26(34)20-10-8-18(9-11-20)21-14-28-23(27)22(29-21)25-31-30-24(35-25)19-6-4-3-5-7-19/h3-11,14,17H,12-13,15-16H2,1-2H3,(H2,27,28)/t17-/m0/s1. The fraction of sp³-hybridized carbons (Fsp3) is 0.269. The topological polar surface area (TPSA) is 114 Å². The number of carbonyl (C=O) groups excluding carboxylic acids is 1. The summed E-state index contributed by atoms with van der Waals surface area (Å²) in [6.45, 7) is 2.58. The Hall–Kier alpha value is -4.11. The molecule has 1 atom stereocenters. The molecule has 1 amide bonds. The highest BCUT2D eigenvalue weighted by molar-refractivity contribution is 5.94. The van der Waals surface area contributed by atoms with Crippen LogP contribution in [-0.4, -0.2) is 69.6 Å². The molecule has 2 N–H and O–H groups in total. The highest BCUT2D eigenvalue weighted by Crippen LogP contribution is 2.28. The molecule has 2 aromatic carbocycles. The normalized spacial score (nSPS) is 15.6. The van der Waals surface area contributed by atoms with Gasteiger partial charge in [-0.1, -0.05) is 30.3 Å². The molecule has 178 valence electrons. The second-order valence-corrected chi connectivity index (χ2v) is 9.01. The summed E-state index contributed by atoms with van der Waals surface area (Å²) in [5.74, 6) is 1.35. The second-order valence-electron chi connectivity index (χ2n) is 9.01. The second kappa shape index (κ2) is 9.63. The fourth-order valence-electron chi connectivity index (χ4n) is 4.36. The van der Waals surface area contributed by atoms with Crippen LogP contribution in [-0.2, 0) is 0 Å². The number of nitrogens with zero attached hydrogens (tertiary/aromatic N) is 6. The summed E-state index contributed by atoms with van der Waals surface area (Å²) >= 11 is 0. The lowest BCUT2D eigenvalue weighted by Gasteiger charge is -2.18. The fourth-order valence-corrected chi connectivity index (χ4v) is 4.36.